The van der Waals surface area contributed by atoms with E-state index in [-0.39, 0.29) is 12.2 Å². The zero-order chi connectivity index (χ0) is 22.4. The summed E-state index contributed by atoms with van der Waals surface area (Å²) in [5, 5.41) is 11.1. The molecule has 2 aromatic carbocycles. The fourth-order valence-electron chi connectivity index (χ4n) is 3.00. The zero-order valence-electron chi connectivity index (χ0n) is 17.0. The summed E-state index contributed by atoms with van der Waals surface area (Å²) in [7, 11) is 2.83. The van der Waals surface area contributed by atoms with Crippen LogP contribution in [0.5, 0.6) is 11.5 Å². The van der Waals surface area contributed by atoms with E-state index in [9.17, 15) is 14.7 Å². The molecule has 0 bridgehead atoms. The monoisotopic (exact) mass is 460 g/mol. The standard InChI is InChI=1S/C23H21ClO6S/c1-28-16-7-3-14(4-8-16)19(12-21(26)29-2)23-22(27)20(25)11-17(30-23)13-31-18-9-5-15(24)6-10-18/h3-11,19,27H,12-13H2,1-2H3. The van der Waals surface area contributed by atoms with Crippen LogP contribution in [0.1, 0.15) is 29.4 Å². The molecule has 162 valence electrons. The fraction of sp³-hybridized carbons (Fsp3) is 0.217. The maximum absolute atomic E-state index is 12.4. The summed E-state index contributed by atoms with van der Waals surface area (Å²) in [6.07, 6.45) is -0.104. The molecule has 0 spiro atoms. The molecule has 1 unspecified atom stereocenters. The van der Waals surface area contributed by atoms with E-state index in [1.165, 1.54) is 24.9 Å². The molecule has 0 aliphatic carbocycles. The van der Waals surface area contributed by atoms with E-state index in [0.717, 1.165) is 4.90 Å². The van der Waals surface area contributed by atoms with Gasteiger partial charge in [-0.05, 0) is 42.0 Å². The van der Waals surface area contributed by atoms with Crippen LogP contribution in [0.15, 0.2) is 68.7 Å². The summed E-state index contributed by atoms with van der Waals surface area (Å²) >= 11 is 7.37. The highest BCUT2D eigenvalue weighted by Crippen LogP contribution is 2.35. The van der Waals surface area contributed by atoms with Gasteiger partial charge in [-0.25, -0.2) is 0 Å². The Hall–Kier alpha value is -2.90. The highest BCUT2D eigenvalue weighted by molar-refractivity contribution is 7.98. The molecule has 0 fully saturated rings. The molecule has 1 aromatic heterocycles. The van der Waals surface area contributed by atoms with Crippen molar-refractivity contribution in [3.8, 4) is 11.5 Å². The van der Waals surface area contributed by atoms with Crippen LogP contribution in [0.4, 0.5) is 0 Å². The first-order chi connectivity index (χ1) is 14.9. The lowest BCUT2D eigenvalue weighted by Crippen LogP contribution is -2.14. The van der Waals surface area contributed by atoms with Crippen molar-refractivity contribution in [3.05, 3.63) is 86.9 Å². The van der Waals surface area contributed by atoms with Crippen LogP contribution in [0, 0.1) is 0 Å². The predicted octanol–water partition coefficient (Wildman–Crippen LogP) is 4.99. The fourth-order valence-corrected chi connectivity index (χ4v) is 3.90. The van der Waals surface area contributed by atoms with Gasteiger partial charge in [-0.1, -0.05) is 23.7 Å². The van der Waals surface area contributed by atoms with Crippen LogP contribution in [-0.2, 0) is 15.3 Å². The lowest BCUT2D eigenvalue weighted by Gasteiger charge is -2.18. The van der Waals surface area contributed by atoms with Gasteiger partial charge < -0.3 is 19.0 Å². The number of thioether (sulfide) groups is 1. The van der Waals surface area contributed by atoms with E-state index < -0.39 is 23.1 Å². The smallest absolute Gasteiger partial charge is 0.306 e. The minimum atomic E-state index is -0.702. The van der Waals surface area contributed by atoms with Gasteiger partial charge >= 0.3 is 5.97 Å². The van der Waals surface area contributed by atoms with Gasteiger partial charge in [0.15, 0.2) is 5.76 Å². The number of halogens is 1. The number of hydrogen-bond donors (Lipinski definition) is 1. The minimum Gasteiger partial charge on any atom is -0.502 e. The number of rotatable bonds is 8. The summed E-state index contributed by atoms with van der Waals surface area (Å²) in [6.45, 7) is 0. The summed E-state index contributed by atoms with van der Waals surface area (Å²) in [5.74, 6) is -0.326. The molecule has 1 atom stereocenters. The van der Waals surface area contributed by atoms with Crippen LogP contribution in [0.2, 0.25) is 5.02 Å². The quantitative estimate of drug-likeness (QED) is 0.374. The maximum Gasteiger partial charge on any atom is 0.306 e. The first kappa shape index (κ1) is 22.8. The second-order valence-corrected chi connectivity index (χ2v) is 8.12. The molecule has 0 saturated heterocycles. The van der Waals surface area contributed by atoms with Gasteiger partial charge in [0.2, 0.25) is 11.2 Å². The largest absolute Gasteiger partial charge is 0.502 e. The van der Waals surface area contributed by atoms with Crippen molar-refractivity contribution in [2.24, 2.45) is 0 Å². The predicted molar refractivity (Wildman–Crippen MR) is 119 cm³/mol. The van der Waals surface area contributed by atoms with Crippen LogP contribution in [-0.4, -0.2) is 25.3 Å². The third-order valence-electron chi connectivity index (χ3n) is 4.63. The van der Waals surface area contributed by atoms with Crippen molar-refractivity contribution < 1.29 is 23.8 Å². The van der Waals surface area contributed by atoms with Gasteiger partial charge in [0, 0.05) is 16.0 Å². The van der Waals surface area contributed by atoms with Crippen LogP contribution >= 0.6 is 23.4 Å². The molecule has 0 amide bonds. The molecule has 8 heteroatoms. The average molecular weight is 461 g/mol. The van der Waals surface area contributed by atoms with E-state index in [4.69, 9.17) is 25.5 Å². The summed E-state index contributed by atoms with van der Waals surface area (Å²) in [4.78, 5) is 25.4. The molecular weight excluding hydrogens is 440 g/mol. The highest BCUT2D eigenvalue weighted by atomic mass is 35.5. The van der Waals surface area contributed by atoms with E-state index in [0.29, 0.717) is 27.8 Å². The van der Waals surface area contributed by atoms with Crippen molar-refractivity contribution in [1.29, 1.82) is 0 Å². The number of ether oxygens (including phenoxy) is 2. The SMILES string of the molecule is COC(=O)CC(c1ccc(OC)cc1)c1oc(CSc2ccc(Cl)cc2)cc(=O)c1O. The van der Waals surface area contributed by atoms with Crippen LogP contribution in [0.25, 0.3) is 0 Å². The first-order valence-corrected chi connectivity index (χ1v) is 10.7. The third kappa shape index (κ3) is 5.83. The second-order valence-electron chi connectivity index (χ2n) is 6.64. The second kappa shape index (κ2) is 10.4. The number of carbonyl (C=O) groups excluding carboxylic acids is 1. The van der Waals surface area contributed by atoms with Gasteiger partial charge in [0.1, 0.15) is 11.5 Å². The number of esters is 1. The molecule has 1 N–H and O–H groups in total. The van der Waals surface area contributed by atoms with E-state index >= 15 is 0 Å². The molecule has 0 saturated carbocycles. The Morgan fingerprint density at radius 1 is 1.13 bits per heavy atom. The highest BCUT2D eigenvalue weighted by Gasteiger charge is 2.26. The Labute approximate surface area is 188 Å². The summed E-state index contributed by atoms with van der Waals surface area (Å²) < 4.78 is 15.9. The molecular formula is C23H21ClO6S. The molecule has 6 nitrogen and oxygen atoms in total. The van der Waals surface area contributed by atoms with Crippen molar-refractivity contribution in [3.63, 3.8) is 0 Å². The number of hydrogen-bond acceptors (Lipinski definition) is 7. The van der Waals surface area contributed by atoms with Gasteiger partial charge in [0.05, 0.1) is 32.3 Å². The minimum absolute atomic E-state index is 0.0229. The summed E-state index contributed by atoms with van der Waals surface area (Å²) in [5.41, 5.74) is 0.100. The third-order valence-corrected chi connectivity index (χ3v) is 5.91. The Kier molecular flexibility index (Phi) is 7.65. The molecule has 31 heavy (non-hydrogen) atoms. The molecule has 0 aliphatic rings. The Balaban J connectivity index is 1.95. The van der Waals surface area contributed by atoms with Gasteiger partial charge in [-0.2, -0.15) is 0 Å². The molecule has 3 aromatic rings. The van der Waals surface area contributed by atoms with Crippen molar-refractivity contribution in [2.75, 3.05) is 14.2 Å². The lowest BCUT2D eigenvalue weighted by molar-refractivity contribution is -0.140. The number of methoxy groups -OCH3 is 2. The molecule has 1 heterocycles. The van der Waals surface area contributed by atoms with E-state index in [1.807, 2.05) is 12.1 Å². The van der Waals surface area contributed by atoms with Gasteiger partial charge in [-0.15, -0.1) is 11.8 Å². The van der Waals surface area contributed by atoms with Gasteiger partial charge in [0.25, 0.3) is 0 Å². The zero-order valence-corrected chi connectivity index (χ0v) is 18.5. The van der Waals surface area contributed by atoms with Gasteiger partial charge in [-0.3, -0.25) is 9.59 Å². The van der Waals surface area contributed by atoms with Crippen molar-refractivity contribution in [2.45, 2.75) is 23.0 Å². The van der Waals surface area contributed by atoms with Crippen LogP contribution in [0.3, 0.4) is 0 Å². The molecule has 0 aliphatic heterocycles. The first-order valence-electron chi connectivity index (χ1n) is 9.36. The average Bonchev–Trinajstić information content (AvgIpc) is 2.79. The topological polar surface area (TPSA) is 86.0 Å². The van der Waals surface area contributed by atoms with E-state index in [2.05, 4.69) is 0 Å². The number of benzene rings is 2. The Morgan fingerprint density at radius 3 is 2.42 bits per heavy atom. The molecule has 0 radical (unpaired) electrons. The van der Waals surface area contributed by atoms with E-state index in [1.54, 1.807) is 43.5 Å². The Morgan fingerprint density at radius 2 is 1.81 bits per heavy atom. The number of carbonyl (C=O) groups is 1. The normalized spacial score (nSPS) is 11.7. The summed E-state index contributed by atoms with van der Waals surface area (Å²) in [6, 6.07) is 15.5. The van der Waals surface area contributed by atoms with Crippen molar-refractivity contribution in [1.82, 2.24) is 0 Å². The molecule has 3 rings (SSSR count). The van der Waals surface area contributed by atoms with Crippen molar-refractivity contribution >= 4 is 29.3 Å². The number of aromatic hydroxyl groups is 1. The maximum atomic E-state index is 12.4. The van der Waals surface area contributed by atoms with Crippen LogP contribution < -0.4 is 10.2 Å². The lowest BCUT2D eigenvalue weighted by atomic mass is 9.92. The Bertz CT molecular complexity index is 1090.